The lowest BCUT2D eigenvalue weighted by Gasteiger charge is -2.27. The standard InChI is InChI=1S/C27H25Cl2N3OS/c1-33-26-13-12-23(29)16-25(26)30-27(34)32(17-20-7-3-2-4-8-20)19-24-11-6-14-31(24)18-21-9-5-10-22(28)15-21/h2-16H,17-19H2,1H3,(H,30,34). The van der Waals surface area contributed by atoms with Crippen LogP contribution in [-0.4, -0.2) is 21.7 Å². The predicted molar refractivity (Wildman–Crippen MR) is 145 cm³/mol. The molecule has 0 fully saturated rings. The van der Waals surface area contributed by atoms with Crippen LogP contribution in [0, 0.1) is 0 Å². The number of anilines is 1. The third-order valence-corrected chi connectivity index (χ3v) is 6.26. The van der Waals surface area contributed by atoms with E-state index in [0.717, 1.165) is 34.1 Å². The molecule has 0 atom stereocenters. The molecule has 0 unspecified atom stereocenters. The van der Waals surface area contributed by atoms with Gasteiger partial charge >= 0.3 is 0 Å². The number of benzene rings is 3. The molecule has 1 aromatic heterocycles. The van der Waals surface area contributed by atoms with E-state index in [4.69, 9.17) is 40.2 Å². The predicted octanol–water partition coefficient (Wildman–Crippen LogP) is 7.25. The summed E-state index contributed by atoms with van der Waals surface area (Å²) in [5, 5.41) is 5.26. The number of thiocarbonyl (C=S) groups is 1. The number of ether oxygens (including phenoxy) is 1. The summed E-state index contributed by atoms with van der Waals surface area (Å²) >= 11 is 18.3. The molecule has 0 aliphatic carbocycles. The molecule has 34 heavy (non-hydrogen) atoms. The molecule has 174 valence electrons. The Labute approximate surface area is 215 Å². The molecule has 0 bridgehead atoms. The molecule has 0 saturated heterocycles. The molecule has 0 radical (unpaired) electrons. The Kier molecular flexibility index (Phi) is 8.12. The van der Waals surface area contributed by atoms with Gasteiger partial charge in [-0.2, -0.15) is 0 Å². The van der Waals surface area contributed by atoms with Gasteiger partial charge in [0.05, 0.1) is 19.3 Å². The first kappa shape index (κ1) is 24.1. The maximum atomic E-state index is 6.23. The Hall–Kier alpha value is -2.99. The molecular formula is C27H25Cl2N3OS. The number of nitrogens with one attached hydrogen (secondary N) is 1. The molecule has 4 nitrogen and oxygen atoms in total. The molecule has 0 spiro atoms. The first-order chi connectivity index (χ1) is 16.5. The molecule has 0 saturated carbocycles. The molecule has 4 aromatic rings. The molecule has 1 N–H and O–H groups in total. The summed E-state index contributed by atoms with van der Waals surface area (Å²) in [5.74, 6) is 0.677. The van der Waals surface area contributed by atoms with Gasteiger partial charge in [0, 0.05) is 35.0 Å². The summed E-state index contributed by atoms with van der Waals surface area (Å²) in [6.45, 7) is 2.00. The Morgan fingerprint density at radius 2 is 1.65 bits per heavy atom. The largest absolute Gasteiger partial charge is 0.495 e. The van der Waals surface area contributed by atoms with Crippen LogP contribution in [0.15, 0.2) is 91.1 Å². The number of aromatic nitrogens is 1. The topological polar surface area (TPSA) is 29.4 Å². The van der Waals surface area contributed by atoms with Gasteiger partial charge in [-0.3, -0.25) is 0 Å². The maximum Gasteiger partial charge on any atom is 0.174 e. The minimum atomic E-state index is 0.583. The minimum Gasteiger partial charge on any atom is -0.495 e. The Bertz CT molecular complexity index is 1260. The molecule has 0 aliphatic rings. The van der Waals surface area contributed by atoms with Crippen molar-refractivity contribution >= 4 is 46.2 Å². The SMILES string of the molecule is COc1ccc(Cl)cc1NC(=S)N(Cc1ccccc1)Cc1cccn1Cc1cccc(Cl)c1. The zero-order valence-electron chi connectivity index (χ0n) is 18.7. The van der Waals surface area contributed by atoms with E-state index in [1.54, 1.807) is 13.2 Å². The van der Waals surface area contributed by atoms with Crippen molar-refractivity contribution in [3.8, 4) is 5.75 Å². The molecule has 7 heteroatoms. The summed E-state index contributed by atoms with van der Waals surface area (Å²) in [5.41, 5.74) is 4.17. The quantitative estimate of drug-likeness (QED) is 0.253. The van der Waals surface area contributed by atoms with Crippen LogP contribution in [0.3, 0.4) is 0 Å². The van der Waals surface area contributed by atoms with Crippen molar-refractivity contribution in [1.82, 2.24) is 9.47 Å². The lowest BCUT2D eigenvalue weighted by molar-refractivity contribution is 0.398. The van der Waals surface area contributed by atoms with Crippen LogP contribution < -0.4 is 10.1 Å². The van der Waals surface area contributed by atoms with Crippen LogP contribution >= 0.6 is 35.4 Å². The van der Waals surface area contributed by atoms with Gasteiger partial charge < -0.3 is 19.5 Å². The summed E-state index contributed by atoms with van der Waals surface area (Å²) in [6.07, 6.45) is 2.08. The summed E-state index contributed by atoms with van der Waals surface area (Å²) < 4.78 is 7.70. The van der Waals surface area contributed by atoms with Crippen molar-refractivity contribution < 1.29 is 4.74 Å². The van der Waals surface area contributed by atoms with Crippen molar-refractivity contribution in [1.29, 1.82) is 0 Å². The highest BCUT2D eigenvalue weighted by Gasteiger charge is 2.16. The lowest BCUT2D eigenvalue weighted by atomic mass is 10.2. The van der Waals surface area contributed by atoms with Crippen LogP contribution in [0.1, 0.15) is 16.8 Å². The first-order valence-electron chi connectivity index (χ1n) is 10.8. The highest BCUT2D eigenvalue weighted by atomic mass is 35.5. The van der Waals surface area contributed by atoms with E-state index >= 15 is 0 Å². The van der Waals surface area contributed by atoms with Gasteiger partial charge in [0.15, 0.2) is 5.11 Å². The van der Waals surface area contributed by atoms with E-state index in [2.05, 4.69) is 51.3 Å². The van der Waals surface area contributed by atoms with Crippen molar-refractivity contribution in [3.05, 3.63) is 118 Å². The second kappa shape index (κ2) is 11.4. The van der Waals surface area contributed by atoms with Gasteiger partial charge in [-0.05, 0) is 65.8 Å². The number of rotatable bonds is 8. The third kappa shape index (κ3) is 6.32. The Balaban J connectivity index is 1.58. The summed E-state index contributed by atoms with van der Waals surface area (Å²) in [6, 6.07) is 27.8. The van der Waals surface area contributed by atoms with Crippen molar-refractivity contribution in [2.24, 2.45) is 0 Å². The van der Waals surface area contributed by atoms with E-state index in [1.807, 2.05) is 48.5 Å². The van der Waals surface area contributed by atoms with Gasteiger partial charge in [0.2, 0.25) is 0 Å². The van der Waals surface area contributed by atoms with Crippen LogP contribution in [0.2, 0.25) is 10.0 Å². The maximum absolute atomic E-state index is 6.23. The molecule has 0 aliphatic heterocycles. The van der Waals surface area contributed by atoms with Crippen LogP contribution in [0.4, 0.5) is 5.69 Å². The molecule has 3 aromatic carbocycles. The van der Waals surface area contributed by atoms with Crippen LogP contribution in [0.5, 0.6) is 5.75 Å². The number of methoxy groups -OCH3 is 1. The zero-order chi connectivity index (χ0) is 23.9. The Morgan fingerprint density at radius 3 is 2.41 bits per heavy atom. The number of nitrogens with zero attached hydrogens (tertiary/aromatic N) is 2. The third-order valence-electron chi connectivity index (χ3n) is 5.42. The molecule has 1 heterocycles. The fourth-order valence-electron chi connectivity index (χ4n) is 3.75. The summed E-state index contributed by atoms with van der Waals surface area (Å²) in [7, 11) is 1.63. The van der Waals surface area contributed by atoms with Crippen LogP contribution in [-0.2, 0) is 19.6 Å². The van der Waals surface area contributed by atoms with E-state index in [9.17, 15) is 0 Å². The molecular weight excluding hydrogens is 485 g/mol. The molecule has 0 amide bonds. The van der Waals surface area contributed by atoms with Gasteiger partial charge in [0.1, 0.15) is 5.75 Å². The van der Waals surface area contributed by atoms with E-state index in [0.29, 0.717) is 29.0 Å². The van der Waals surface area contributed by atoms with E-state index in [-0.39, 0.29) is 0 Å². The highest BCUT2D eigenvalue weighted by Crippen LogP contribution is 2.28. The van der Waals surface area contributed by atoms with Crippen LogP contribution in [0.25, 0.3) is 0 Å². The fraction of sp³-hybridized carbons (Fsp3) is 0.148. The zero-order valence-corrected chi connectivity index (χ0v) is 21.1. The fourth-order valence-corrected chi connectivity index (χ4v) is 4.37. The van der Waals surface area contributed by atoms with Crippen molar-refractivity contribution in [3.63, 3.8) is 0 Å². The minimum absolute atomic E-state index is 0.583. The van der Waals surface area contributed by atoms with E-state index in [1.165, 1.54) is 0 Å². The normalized spacial score (nSPS) is 10.7. The molecule has 4 rings (SSSR count). The number of hydrogen-bond acceptors (Lipinski definition) is 2. The number of hydrogen-bond donors (Lipinski definition) is 1. The van der Waals surface area contributed by atoms with Crippen molar-refractivity contribution in [2.45, 2.75) is 19.6 Å². The van der Waals surface area contributed by atoms with Gasteiger partial charge in [-0.15, -0.1) is 0 Å². The van der Waals surface area contributed by atoms with Gasteiger partial charge in [0.25, 0.3) is 0 Å². The highest BCUT2D eigenvalue weighted by molar-refractivity contribution is 7.80. The Morgan fingerprint density at radius 1 is 0.882 bits per heavy atom. The van der Waals surface area contributed by atoms with Crippen molar-refractivity contribution in [2.75, 3.05) is 12.4 Å². The second-order valence-corrected chi connectivity index (χ2v) is 9.13. The van der Waals surface area contributed by atoms with Gasteiger partial charge in [-0.1, -0.05) is 65.7 Å². The average Bonchev–Trinajstić information content (AvgIpc) is 3.26. The number of halogens is 2. The second-order valence-electron chi connectivity index (χ2n) is 7.87. The monoisotopic (exact) mass is 509 g/mol. The smallest absolute Gasteiger partial charge is 0.174 e. The summed E-state index contributed by atoms with van der Waals surface area (Å²) in [4.78, 5) is 2.13. The van der Waals surface area contributed by atoms with Gasteiger partial charge in [-0.25, -0.2) is 0 Å². The lowest BCUT2D eigenvalue weighted by Crippen LogP contribution is -2.34. The van der Waals surface area contributed by atoms with E-state index < -0.39 is 0 Å². The average molecular weight is 510 g/mol. The first-order valence-corrected chi connectivity index (χ1v) is 12.0.